The number of nitrogens with two attached hydrogens (primary N) is 2. The quantitative estimate of drug-likeness (QED) is 0.315. The van der Waals surface area contributed by atoms with Crippen LogP contribution in [0.3, 0.4) is 0 Å². The molecule has 0 heterocycles. The van der Waals surface area contributed by atoms with Crippen molar-refractivity contribution in [2.75, 3.05) is 19.5 Å². The Bertz CT molecular complexity index is 575. The molecule has 0 saturated carbocycles. The summed E-state index contributed by atoms with van der Waals surface area (Å²) in [5.74, 6) is -0.586. The van der Waals surface area contributed by atoms with Crippen LogP contribution >= 0.6 is 0 Å². The molecule has 0 aromatic rings. The third-order valence-corrected chi connectivity index (χ3v) is 6.18. The highest BCUT2D eigenvalue weighted by atomic mass is 32.2. The van der Waals surface area contributed by atoms with Crippen LogP contribution in [-0.4, -0.2) is 65.8 Å². The lowest BCUT2D eigenvalue weighted by molar-refractivity contribution is -0.144. The van der Waals surface area contributed by atoms with Crippen molar-refractivity contribution in [2.24, 2.45) is 29.2 Å². The van der Waals surface area contributed by atoms with Gasteiger partial charge in [-0.15, -0.1) is 0 Å². The summed E-state index contributed by atoms with van der Waals surface area (Å²) in [6, 6.07) is 0. The van der Waals surface area contributed by atoms with E-state index in [2.05, 4.69) is 4.72 Å². The third-order valence-electron chi connectivity index (χ3n) is 5.34. The molecule has 9 nitrogen and oxygen atoms in total. The summed E-state index contributed by atoms with van der Waals surface area (Å²) in [6.45, 7) is 16.2. The highest BCUT2D eigenvalue weighted by molar-refractivity contribution is 7.88. The molecule has 30 heavy (non-hydrogen) atoms. The molecule has 0 aromatic heterocycles. The molecule has 3 atom stereocenters. The Morgan fingerprint density at radius 2 is 1.27 bits per heavy atom. The Labute approximate surface area is 184 Å². The summed E-state index contributed by atoms with van der Waals surface area (Å²) in [7, 11) is -3.25. The Balaban J connectivity index is -0.000000170. The number of hydrogen-bond donors (Lipinski definition) is 6. The van der Waals surface area contributed by atoms with Gasteiger partial charge in [0.1, 0.15) is 5.54 Å². The molecule has 0 rings (SSSR count). The Kier molecular flexibility index (Phi) is 17.5. The average molecular weight is 460 g/mol. The molecule has 0 bridgehead atoms. The Morgan fingerprint density at radius 3 is 1.30 bits per heavy atom. The maximum absolute atomic E-state index is 10.9. The first kappa shape index (κ1) is 36.6. The fraction of sp³-hybridized carbons (Fsp3) is 0.950. The third kappa shape index (κ3) is 15.1. The first-order chi connectivity index (χ1) is 12.6. The van der Waals surface area contributed by atoms with Gasteiger partial charge >= 0.3 is 5.97 Å². The van der Waals surface area contributed by atoms with Crippen molar-refractivity contribution in [3.8, 4) is 0 Å². The van der Waals surface area contributed by atoms with E-state index in [1.54, 1.807) is 20.8 Å². The van der Waals surface area contributed by atoms with E-state index in [1.807, 2.05) is 34.6 Å². The molecule has 186 valence electrons. The van der Waals surface area contributed by atoms with Gasteiger partial charge in [-0.1, -0.05) is 49.0 Å². The van der Waals surface area contributed by atoms with E-state index in [-0.39, 0.29) is 32.5 Å². The summed E-state index contributed by atoms with van der Waals surface area (Å²) in [6.07, 6.45) is 1.09. The van der Waals surface area contributed by atoms with Crippen molar-refractivity contribution in [3.05, 3.63) is 0 Å². The highest BCUT2D eigenvalue weighted by Gasteiger charge is 2.31. The van der Waals surface area contributed by atoms with Crippen LogP contribution in [0.25, 0.3) is 0 Å². The van der Waals surface area contributed by atoms with Crippen molar-refractivity contribution in [1.82, 2.24) is 4.72 Å². The maximum atomic E-state index is 10.9. The van der Waals surface area contributed by atoms with E-state index < -0.39 is 32.6 Å². The largest absolute Gasteiger partial charge is 0.480 e. The average Bonchev–Trinajstić information content (AvgIpc) is 2.53. The normalized spacial score (nSPS) is 17.4. The molecule has 8 N–H and O–H groups in total. The molecule has 0 fully saturated rings. The van der Waals surface area contributed by atoms with Gasteiger partial charge < -0.3 is 26.8 Å². The van der Waals surface area contributed by atoms with Crippen LogP contribution in [-0.2, 0) is 14.8 Å². The monoisotopic (exact) mass is 459 g/mol. The van der Waals surface area contributed by atoms with E-state index >= 15 is 0 Å². The molecule has 0 saturated heterocycles. The minimum atomic E-state index is -3.25. The second kappa shape index (κ2) is 14.3. The van der Waals surface area contributed by atoms with Crippen LogP contribution < -0.4 is 16.2 Å². The molecule has 0 aromatic carbocycles. The molecule has 0 aliphatic rings. The van der Waals surface area contributed by atoms with Gasteiger partial charge in [0.05, 0.1) is 25.0 Å². The number of carboxylic acids is 1. The lowest BCUT2D eigenvalue weighted by Gasteiger charge is -2.31. The number of aliphatic hydroxyl groups is 2. The summed E-state index contributed by atoms with van der Waals surface area (Å²) < 4.78 is 24.2. The summed E-state index contributed by atoms with van der Waals surface area (Å²) >= 11 is 0. The molecular formula is C20H49N3O6S. The van der Waals surface area contributed by atoms with Crippen LogP contribution in [0.5, 0.6) is 0 Å². The number of sulfonamides is 1. The number of carbonyl (C=O) groups is 1. The van der Waals surface area contributed by atoms with E-state index in [0.717, 1.165) is 6.26 Å². The summed E-state index contributed by atoms with van der Waals surface area (Å²) in [5, 5.41) is 26.1. The molecule has 10 heteroatoms. The minimum Gasteiger partial charge on any atom is -0.480 e. The van der Waals surface area contributed by atoms with Crippen molar-refractivity contribution in [1.29, 1.82) is 0 Å². The van der Waals surface area contributed by atoms with Crippen LogP contribution in [0.1, 0.15) is 69.7 Å². The Morgan fingerprint density at radius 1 is 0.900 bits per heavy atom. The zero-order valence-corrected chi connectivity index (χ0v) is 20.6. The standard InChI is InChI=1S/C7H17NO3S.C6H13NO2.C6H15NO.CH4/c1-6(2)7(3,5-9)8-12(4,10)11;1-4(2)6(3,7)5(8)9;1-5(2)6(3,7)4-8;/h6,8-9H,5H2,1-4H3;4H,7H2,1-3H3,(H,8,9);5,8H,4,7H2,1-3H3;1H4/t7-;2*6-;/m101./s1. The molecule has 0 amide bonds. The van der Waals surface area contributed by atoms with Gasteiger partial charge in [-0.25, -0.2) is 13.1 Å². The van der Waals surface area contributed by atoms with Crippen molar-refractivity contribution < 1.29 is 28.5 Å². The number of hydrogen-bond acceptors (Lipinski definition) is 7. The van der Waals surface area contributed by atoms with Gasteiger partial charge in [0.25, 0.3) is 0 Å². The van der Waals surface area contributed by atoms with E-state index in [4.69, 9.17) is 26.8 Å². The van der Waals surface area contributed by atoms with Gasteiger partial charge in [0, 0.05) is 5.54 Å². The lowest BCUT2D eigenvalue weighted by Crippen LogP contribution is -2.52. The van der Waals surface area contributed by atoms with E-state index in [9.17, 15) is 13.2 Å². The van der Waals surface area contributed by atoms with Gasteiger partial charge in [-0.2, -0.15) is 0 Å². The molecule has 0 unspecified atom stereocenters. The predicted molar refractivity (Wildman–Crippen MR) is 125 cm³/mol. The smallest absolute Gasteiger partial charge is 0.323 e. The number of carboxylic acid groups (broad SMARTS) is 1. The summed E-state index contributed by atoms with van der Waals surface area (Å²) in [4.78, 5) is 10.3. The molecular weight excluding hydrogens is 410 g/mol. The molecule has 0 radical (unpaired) electrons. The van der Waals surface area contributed by atoms with Crippen LogP contribution in [0.2, 0.25) is 0 Å². The van der Waals surface area contributed by atoms with Crippen LogP contribution in [0, 0.1) is 17.8 Å². The maximum Gasteiger partial charge on any atom is 0.323 e. The van der Waals surface area contributed by atoms with Crippen molar-refractivity contribution in [2.45, 2.75) is 86.4 Å². The van der Waals surface area contributed by atoms with E-state index in [0.29, 0.717) is 5.92 Å². The lowest BCUT2D eigenvalue weighted by atomic mass is 9.90. The van der Waals surface area contributed by atoms with Gasteiger partial charge in [0.2, 0.25) is 10.0 Å². The van der Waals surface area contributed by atoms with Crippen molar-refractivity contribution in [3.63, 3.8) is 0 Å². The minimum absolute atomic E-state index is 0. The summed E-state index contributed by atoms with van der Waals surface area (Å²) in [5.41, 5.74) is 8.77. The number of nitrogens with one attached hydrogen (secondary N) is 1. The highest BCUT2D eigenvalue weighted by Crippen LogP contribution is 2.16. The number of aliphatic hydroxyl groups excluding tert-OH is 2. The van der Waals surface area contributed by atoms with Gasteiger partial charge in [-0.3, -0.25) is 4.79 Å². The molecule has 0 spiro atoms. The van der Waals surface area contributed by atoms with E-state index in [1.165, 1.54) is 6.92 Å². The first-order valence-corrected chi connectivity index (χ1v) is 11.5. The van der Waals surface area contributed by atoms with Crippen LogP contribution in [0.15, 0.2) is 0 Å². The number of aliphatic carboxylic acids is 1. The van der Waals surface area contributed by atoms with Crippen LogP contribution in [0.4, 0.5) is 0 Å². The molecule has 0 aliphatic carbocycles. The van der Waals surface area contributed by atoms with Crippen molar-refractivity contribution >= 4 is 16.0 Å². The second-order valence-electron chi connectivity index (χ2n) is 9.17. The predicted octanol–water partition coefficient (Wildman–Crippen LogP) is 1.38. The first-order valence-electron chi connectivity index (χ1n) is 9.62. The Hall–Kier alpha value is -0.780. The van der Waals surface area contributed by atoms with Gasteiger partial charge in [0.15, 0.2) is 0 Å². The fourth-order valence-corrected chi connectivity index (χ4v) is 2.33. The number of rotatable bonds is 8. The SMILES string of the molecule is C.CC(C)[C@@](C)(CO)NS(C)(=O)=O.CC(C)[C@](C)(N)C(=O)O.CC(C)[C@](C)(N)CO. The fourth-order valence-electron chi connectivity index (χ4n) is 1.19. The zero-order chi connectivity index (χ0) is 24.4. The zero-order valence-electron chi connectivity index (χ0n) is 19.8. The second-order valence-corrected chi connectivity index (χ2v) is 10.9. The topological polar surface area (TPSA) is 176 Å². The molecule has 0 aliphatic heterocycles. The van der Waals surface area contributed by atoms with Gasteiger partial charge in [-0.05, 0) is 38.5 Å².